The molecule has 0 bridgehead atoms. The first-order chi connectivity index (χ1) is 10.8. The maximum atomic E-state index is 11.9. The molecule has 6 heteroatoms. The summed E-state index contributed by atoms with van der Waals surface area (Å²) < 4.78 is 10.0. The largest absolute Gasteiger partial charge is 0.465 e. The van der Waals surface area contributed by atoms with Crippen LogP contribution in [0.2, 0.25) is 0 Å². The third kappa shape index (κ3) is 4.87. The minimum atomic E-state index is -0.513. The maximum absolute atomic E-state index is 11.9. The molecule has 0 saturated carbocycles. The SMILES string of the molecule is COC(=O)c1ccc2c(c1)CCC(NC(=O)OC(C)(C)C)CN2. The molecule has 0 saturated heterocycles. The molecular weight excluding hydrogens is 296 g/mol. The van der Waals surface area contributed by atoms with Gasteiger partial charge < -0.3 is 20.1 Å². The molecule has 1 aliphatic rings. The van der Waals surface area contributed by atoms with E-state index in [2.05, 4.69) is 10.6 Å². The molecule has 1 aliphatic heterocycles. The van der Waals surface area contributed by atoms with Crippen LogP contribution < -0.4 is 10.6 Å². The molecule has 1 amide bonds. The second kappa shape index (κ2) is 6.89. The normalized spacial score (nSPS) is 17.3. The molecule has 6 nitrogen and oxygen atoms in total. The fourth-order valence-electron chi connectivity index (χ4n) is 2.48. The van der Waals surface area contributed by atoms with E-state index in [1.807, 2.05) is 32.9 Å². The van der Waals surface area contributed by atoms with Crippen molar-refractivity contribution in [3.63, 3.8) is 0 Å². The number of aryl methyl sites for hydroxylation is 1. The van der Waals surface area contributed by atoms with Crippen LogP contribution in [0.5, 0.6) is 0 Å². The van der Waals surface area contributed by atoms with E-state index in [1.54, 1.807) is 6.07 Å². The quantitative estimate of drug-likeness (QED) is 0.819. The van der Waals surface area contributed by atoms with E-state index in [4.69, 9.17) is 9.47 Å². The number of nitrogens with one attached hydrogen (secondary N) is 2. The molecule has 1 unspecified atom stereocenters. The first-order valence-corrected chi connectivity index (χ1v) is 7.73. The summed E-state index contributed by atoms with van der Waals surface area (Å²) in [4.78, 5) is 23.5. The molecule has 0 spiro atoms. The smallest absolute Gasteiger partial charge is 0.407 e. The van der Waals surface area contributed by atoms with E-state index < -0.39 is 11.7 Å². The zero-order valence-electron chi connectivity index (χ0n) is 14.1. The molecule has 1 atom stereocenters. The molecule has 0 aliphatic carbocycles. The molecule has 1 heterocycles. The summed E-state index contributed by atoms with van der Waals surface area (Å²) in [6.45, 7) is 6.12. The number of ether oxygens (including phenoxy) is 2. The molecule has 2 N–H and O–H groups in total. The van der Waals surface area contributed by atoms with Gasteiger partial charge in [0.25, 0.3) is 0 Å². The number of alkyl carbamates (subject to hydrolysis) is 1. The summed E-state index contributed by atoms with van der Waals surface area (Å²) in [5.74, 6) is -0.347. The Morgan fingerprint density at radius 1 is 1.30 bits per heavy atom. The number of carbonyl (C=O) groups excluding carboxylic acids is 2. The zero-order chi connectivity index (χ0) is 17.0. The molecule has 2 rings (SSSR count). The van der Waals surface area contributed by atoms with Gasteiger partial charge in [0.05, 0.1) is 12.7 Å². The number of methoxy groups -OCH3 is 1. The van der Waals surface area contributed by atoms with Crippen LogP contribution in [-0.4, -0.2) is 37.4 Å². The van der Waals surface area contributed by atoms with Crippen molar-refractivity contribution >= 4 is 17.7 Å². The Balaban J connectivity index is 2.00. The lowest BCUT2D eigenvalue weighted by Gasteiger charge is -2.23. The van der Waals surface area contributed by atoms with Crippen molar-refractivity contribution in [1.29, 1.82) is 0 Å². The van der Waals surface area contributed by atoms with Gasteiger partial charge in [-0.25, -0.2) is 9.59 Å². The molecule has 1 aromatic rings. The molecular formula is C17H24N2O4. The summed E-state index contributed by atoms with van der Waals surface area (Å²) in [5, 5.41) is 6.19. The predicted octanol–water partition coefficient (Wildman–Crippen LogP) is 2.72. The van der Waals surface area contributed by atoms with Crippen molar-refractivity contribution in [3.05, 3.63) is 29.3 Å². The van der Waals surface area contributed by atoms with Gasteiger partial charge in [0, 0.05) is 18.3 Å². The lowest BCUT2D eigenvalue weighted by Crippen LogP contribution is -2.42. The van der Waals surface area contributed by atoms with Gasteiger partial charge in [-0.1, -0.05) is 0 Å². The van der Waals surface area contributed by atoms with Gasteiger partial charge in [-0.2, -0.15) is 0 Å². The van der Waals surface area contributed by atoms with Crippen molar-refractivity contribution < 1.29 is 19.1 Å². The number of anilines is 1. The Labute approximate surface area is 136 Å². The Morgan fingerprint density at radius 3 is 2.70 bits per heavy atom. The summed E-state index contributed by atoms with van der Waals surface area (Å²) in [6, 6.07) is 5.42. The molecule has 0 radical (unpaired) electrons. The van der Waals surface area contributed by atoms with Gasteiger partial charge in [-0.3, -0.25) is 0 Å². The first-order valence-electron chi connectivity index (χ1n) is 7.73. The highest BCUT2D eigenvalue weighted by molar-refractivity contribution is 5.90. The lowest BCUT2D eigenvalue weighted by atomic mass is 10.0. The third-order valence-electron chi connectivity index (χ3n) is 3.55. The van der Waals surface area contributed by atoms with Gasteiger partial charge >= 0.3 is 12.1 Å². The first kappa shape index (κ1) is 17.1. The minimum Gasteiger partial charge on any atom is -0.465 e. The Bertz CT molecular complexity index is 593. The number of fused-ring (bicyclic) bond motifs is 1. The summed E-state index contributed by atoms with van der Waals surface area (Å²) in [7, 11) is 1.37. The fourth-order valence-corrected chi connectivity index (χ4v) is 2.48. The molecule has 126 valence electrons. The standard InChI is InChI=1S/C17H24N2O4/c1-17(2,3)23-16(21)19-13-7-5-11-9-12(15(20)22-4)6-8-14(11)18-10-13/h6,8-9,13,18H,5,7,10H2,1-4H3,(H,19,21). The predicted molar refractivity (Wildman–Crippen MR) is 87.7 cm³/mol. The lowest BCUT2D eigenvalue weighted by molar-refractivity contribution is 0.0504. The highest BCUT2D eigenvalue weighted by atomic mass is 16.6. The van der Waals surface area contributed by atoms with Crippen LogP contribution >= 0.6 is 0 Å². The number of hydrogen-bond donors (Lipinski definition) is 2. The minimum absolute atomic E-state index is 0.0289. The number of rotatable bonds is 2. The summed E-state index contributed by atoms with van der Waals surface area (Å²) in [6.07, 6.45) is 1.11. The number of esters is 1. The fraction of sp³-hybridized carbons (Fsp3) is 0.529. The van der Waals surface area contributed by atoms with Crippen LogP contribution in [0.4, 0.5) is 10.5 Å². The second-order valence-electron chi connectivity index (χ2n) is 6.63. The van der Waals surface area contributed by atoms with Crippen molar-refractivity contribution in [2.75, 3.05) is 19.0 Å². The third-order valence-corrected chi connectivity index (χ3v) is 3.55. The van der Waals surface area contributed by atoms with E-state index in [9.17, 15) is 9.59 Å². The van der Waals surface area contributed by atoms with Crippen LogP contribution in [-0.2, 0) is 15.9 Å². The van der Waals surface area contributed by atoms with Crippen LogP contribution in [0.25, 0.3) is 0 Å². The van der Waals surface area contributed by atoms with Gasteiger partial charge in [-0.05, 0) is 57.4 Å². The highest BCUT2D eigenvalue weighted by Gasteiger charge is 2.22. The Hall–Kier alpha value is -2.24. The van der Waals surface area contributed by atoms with E-state index in [1.165, 1.54) is 7.11 Å². The molecule has 1 aromatic carbocycles. The second-order valence-corrected chi connectivity index (χ2v) is 6.63. The average Bonchev–Trinajstić information content (AvgIpc) is 2.66. The number of benzene rings is 1. The van der Waals surface area contributed by atoms with Crippen LogP contribution in [0.15, 0.2) is 18.2 Å². The number of carbonyl (C=O) groups is 2. The van der Waals surface area contributed by atoms with Gasteiger partial charge in [0.1, 0.15) is 5.60 Å². The van der Waals surface area contributed by atoms with Crippen molar-refractivity contribution in [3.8, 4) is 0 Å². The van der Waals surface area contributed by atoms with E-state index in [0.717, 1.165) is 24.1 Å². The van der Waals surface area contributed by atoms with E-state index in [0.29, 0.717) is 12.1 Å². The van der Waals surface area contributed by atoms with Gasteiger partial charge in [-0.15, -0.1) is 0 Å². The summed E-state index contributed by atoms with van der Waals surface area (Å²) in [5.41, 5.74) is 2.04. The zero-order valence-corrected chi connectivity index (χ0v) is 14.1. The van der Waals surface area contributed by atoms with Crippen LogP contribution in [0, 0.1) is 0 Å². The Morgan fingerprint density at radius 2 is 2.04 bits per heavy atom. The number of amides is 1. The highest BCUT2D eigenvalue weighted by Crippen LogP contribution is 2.23. The monoisotopic (exact) mass is 320 g/mol. The van der Waals surface area contributed by atoms with E-state index in [-0.39, 0.29) is 12.0 Å². The maximum Gasteiger partial charge on any atom is 0.407 e. The topological polar surface area (TPSA) is 76.7 Å². The van der Waals surface area contributed by atoms with Crippen molar-refractivity contribution in [2.45, 2.75) is 45.3 Å². The van der Waals surface area contributed by atoms with Gasteiger partial charge in [0.2, 0.25) is 0 Å². The molecule has 23 heavy (non-hydrogen) atoms. The number of hydrogen-bond acceptors (Lipinski definition) is 5. The van der Waals surface area contributed by atoms with E-state index >= 15 is 0 Å². The van der Waals surface area contributed by atoms with Crippen molar-refractivity contribution in [2.24, 2.45) is 0 Å². The molecule has 0 fully saturated rings. The average molecular weight is 320 g/mol. The van der Waals surface area contributed by atoms with Crippen LogP contribution in [0.3, 0.4) is 0 Å². The molecule has 0 aromatic heterocycles. The summed E-state index contributed by atoms with van der Waals surface area (Å²) >= 11 is 0. The Kier molecular flexibility index (Phi) is 5.13. The van der Waals surface area contributed by atoms with Gasteiger partial charge in [0.15, 0.2) is 0 Å². The van der Waals surface area contributed by atoms with Crippen LogP contribution in [0.1, 0.15) is 43.1 Å². The van der Waals surface area contributed by atoms with Crippen molar-refractivity contribution in [1.82, 2.24) is 5.32 Å².